The second-order valence-corrected chi connectivity index (χ2v) is 6.14. The molecule has 0 aromatic heterocycles. The minimum absolute atomic E-state index is 0.363. The van der Waals surface area contributed by atoms with E-state index in [2.05, 4.69) is 55.3 Å². The molecule has 1 aliphatic heterocycles. The van der Waals surface area contributed by atoms with E-state index >= 15 is 0 Å². The Kier molecular flexibility index (Phi) is 3.72. The third kappa shape index (κ3) is 3.74. The van der Waals surface area contributed by atoms with Crippen molar-refractivity contribution in [3.63, 3.8) is 0 Å². The first-order valence-corrected chi connectivity index (χ1v) is 6.59. The summed E-state index contributed by atoms with van der Waals surface area (Å²) in [6.07, 6.45) is 1.15. The number of rotatable bonds is 2. The van der Waals surface area contributed by atoms with Crippen molar-refractivity contribution in [1.82, 2.24) is 5.32 Å². The lowest BCUT2D eigenvalue weighted by Gasteiger charge is -2.30. The molecule has 1 saturated heterocycles. The first-order chi connectivity index (χ1) is 8.04. The maximum atomic E-state index is 3.40. The molecule has 1 aliphatic rings. The van der Waals surface area contributed by atoms with Gasteiger partial charge in [-0.25, -0.2) is 0 Å². The molecule has 2 rings (SSSR count). The summed E-state index contributed by atoms with van der Waals surface area (Å²) in [5.74, 6) is 0. The van der Waals surface area contributed by atoms with Crippen LogP contribution in [0.4, 0.5) is 5.69 Å². The number of hydrogen-bond acceptors (Lipinski definition) is 2. The van der Waals surface area contributed by atoms with Crippen LogP contribution in [0.15, 0.2) is 24.3 Å². The molecular weight excluding hydrogens is 208 g/mol. The molecule has 1 N–H and O–H groups in total. The fourth-order valence-corrected chi connectivity index (χ4v) is 2.40. The van der Waals surface area contributed by atoms with Crippen molar-refractivity contribution in [3.05, 3.63) is 29.8 Å². The molecule has 2 nitrogen and oxygen atoms in total. The predicted molar refractivity (Wildman–Crippen MR) is 74.7 cm³/mol. The van der Waals surface area contributed by atoms with Crippen LogP contribution in [0, 0.1) is 5.41 Å². The monoisotopic (exact) mass is 232 g/mol. The van der Waals surface area contributed by atoms with Crippen LogP contribution in [0.2, 0.25) is 0 Å². The zero-order valence-electron chi connectivity index (χ0n) is 11.3. The van der Waals surface area contributed by atoms with E-state index in [9.17, 15) is 0 Å². The number of nitrogens with one attached hydrogen (secondary N) is 1. The van der Waals surface area contributed by atoms with E-state index in [1.807, 2.05) is 0 Å². The molecule has 1 fully saturated rings. The topological polar surface area (TPSA) is 15.3 Å². The summed E-state index contributed by atoms with van der Waals surface area (Å²) in [4.78, 5) is 2.47. The Hall–Kier alpha value is -1.02. The summed E-state index contributed by atoms with van der Waals surface area (Å²) in [5.41, 5.74) is 3.20. The second kappa shape index (κ2) is 5.09. The van der Waals surface area contributed by atoms with Crippen molar-refractivity contribution in [2.75, 3.05) is 31.1 Å². The number of benzene rings is 1. The van der Waals surface area contributed by atoms with Crippen molar-refractivity contribution in [2.24, 2.45) is 5.41 Å². The Morgan fingerprint density at radius 3 is 2.53 bits per heavy atom. The van der Waals surface area contributed by atoms with Crippen LogP contribution in [0.25, 0.3) is 0 Å². The van der Waals surface area contributed by atoms with Gasteiger partial charge in [0.15, 0.2) is 0 Å². The van der Waals surface area contributed by atoms with Gasteiger partial charge in [-0.1, -0.05) is 32.9 Å². The molecule has 0 atom stereocenters. The van der Waals surface area contributed by atoms with Crippen LogP contribution >= 0.6 is 0 Å². The van der Waals surface area contributed by atoms with Gasteiger partial charge in [0.1, 0.15) is 0 Å². The van der Waals surface area contributed by atoms with Gasteiger partial charge < -0.3 is 10.2 Å². The standard InChI is InChI=1S/C15H24N2/c1-15(2,3)12-13-5-4-6-14(11-13)17-9-7-16-8-10-17/h4-6,11,16H,7-10,12H2,1-3H3. The maximum Gasteiger partial charge on any atom is 0.0369 e. The minimum atomic E-state index is 0.363. The molecule has 0 radical (unpaired) electrons. The lowest BCUT2D eigenvalue weighted by Crippen LogP contribution is -2.43. The molecule has 0 bridgehead atoms. The number of anilines is 1. The average Bonchev–Trinajstić information content (AvgIpc) is 2.28. The minimum Gasteiger partial charge on any atom is -0.369 e. The molecular formula is C15H24N2. The smallest absolute Gasteiger partial charge is 0.0369 e. The fourth-order valence-electron chi connectivity index (χ4n) is 2.40. The molecule has 94 valence electrons. The molecule has 2 heteroatoms. The molecule has 1 aromatic carbocycles. The zero-order valence-corrected chi connectivity index (χ0v) is 11.3. The van der Waals surface area contributed by atoms with E-state index in [-0.39, 0.29) is 0 Å². The van der Waals surface area contributed by atoms with E-state index in [4.69, 9.17) is 0 Å². The highest BCUT2D eigenvalue weighted by Gasteiger charge is 2.14. The Labute approximate surface area is 105 Å². The fraction of sp³-hybridized carbons (Fsp3) is 0.600. The third-order valence-electron chi connectivity index (χ3n) is 3.13. The summed E-state index contributed by atoms with van der Waals surface area (Å²) < 4.78 is 0. The van der Waals surface area contributed by atoms with Gasteiger partial charge in [0, 0.05) is 31.9 Å². The van der Waals surface area contributed by atoms with Gasteiger partial charge in [-0.2, -0.15) is 0 Å². The van der Waals surface area contributed by atoms with Gasteiger partial charge in [0.25, 0.3) is 0 Å². The Balaban J connectivity index is 2.10. The molecule has 0 unspecified atom stereocenters. The van der Waals surface area contributed by atoms with Gasteiger partial charge in [0.05, 0.1) is 0 Å². The van der Waals surface area contributed by atoms with Crippen molar-refractivity contribution < 1.29 is 0 Å². The third-order valence-corrected chi connectivity index (χ3v) is 3.13. The normalized spacial score (nSPS) is 17.2. The van der Waals surface area contributed by atoms with Crippen LogP contribution in [0.5, 0.6) is 0 Å². The molecule has 17 heavy (non-hydrogen) atoms. The van der Waals surface area contributed by atoms with Gasteiger partial charge in [-0.05, 0) is 29.5 Å². The summed E-state index contributed by atoms with van der Waals surface area (Å²) in [5, 5.41) is 3.40. The number of nitrogens with zero attached hydrogens (tertiary/aromatic N) is 1. The van der Waals surface area contributed by atoms with Crippen LogP contribution in [-0.4, -0.2) is 26.2 Å². The van der Waals surface area contributed by atoms with E-state index in [0.717, 1.165) is 32.6 Å². The number of piperazine rings is 1. The first kappa shape index (κ1) is 12.4. The van der Waals surface area contributed by atoms with E-state index < -0.39 is 0 Å². The van der Waals surface area contributed by atoms with Crippen LogP contribution in [0.3, 0.4) is 0 Å². The predicted octanol–water partition coefficient (Wildman–Crippen LogP) is 2.68. The SMILES string of the molecule is CC(C)(C)Cc1cccc(N2CCNCC2)c1. The first-order valence-electron chi connectivity index (χ1n) is 6.59. The summed E-state index contributed by atoms with van der Waals surface area (Å²) >= 11 is 0. The highest BCUT2D eigenvalue weighted by atomic mass is 15.2. The van der Waals surface area contributed by atoms with E-state index in [1.54, 1.807) is 0 Å². The Morgan fingerprint density at radius 2 is 1.88 bits per heavy atom. The largest absolute Gasteiger partial charge is 0.369 e. The zero-order chi connectivity index (χ0) is 12.3. The van der Waals surface area contributed by atoms with Crippen molar-refractivity contribution in [2.45, 2.75) is 27.2 Å². The molecule has 0 amide bonds. The summed E-state index contributed by atoms with van der Waals surface area (Å²) in [6, 6.07) is 9.03. The molecule has 0 spiro atoms. The highest BCUT2D eigenvalue weighted by Crippen LogP contribution is 2.24. The Bertz CT molecular complexity index is 359. The van der Waals surface area contributed by atoms with Crippen molar-refractivity contribution in [3.8, 4) is 0 Å². The molecule has 1 heterocycles. The van der Waals surface area contributed by atoms with Crippen LogP contribution in [-0.2, 0) is 6.42 Å². The van der Waals surface area contributed by atoms with Crippen molar-refractivity contribution >= 4 is 5.69 Å². The van der Waals surface area contributed by atoms with E-state index in [1.165, 1.54) is 11.3 Å². The second-order valence-electron chi connectivity index (χ2n) is 6.14. The lowest BCUT2D eigenvalue weighted by molar-refractivity contribution is 0.411. The van der Waals surface area contributed by atoms with Gasteiger partial charge in [-0.15, -0.1) is 0 Å². The quantitative estimate of drug-likeness (QED) is 0.843. The van der Waals surface area contributed by atoms with Crippen LogP contribution in [0.1, 0.15) is 26.3 Å². The number of hydrogen-bond donors (Lipinski definition) is 1. The lowest BCUT2D eigenvalue weighted by atomic mass is 9.88. The average molecular weight is 232 g/mol. The summed E-state index contributed by atoms with van der Waals surface area (Å²) in [7, 11) is 0. The highest BCUT2D eigenvalue weighted by molar-refractivity contribution is 5.49. The Morgan fingerprint density at radius 1 is 1.18 bits per heavy atom. The van der Waals surface area contributed by atoms with Crippen molar-refractivity contribution in [1.29, 1.82) is 0 Å². The van der Waals surface area contributed by atoms with Gasteiger partial charge >= 0.3 is 0 Å². The van der Waals surface area contributed by atoms with Gasteiger partial charge in [-0.3, -0.25) is 0 Å². The van der Waals surface area contributed by atoms with Crippen LogP contribution < -0.4 is 10.2 Å². The van der Waals surface area contributed by atoms with Gasteiger partial charge in [0.2, 0.25) is 0 Å². The molecule has 0 aliphatic carbocycles. The molecule has 1 aromatic rings. The molecule has 0 saturated carbocycles. The maximum absolute atomic E-state index is 3.40. The van der Waals surface area contributed by atoms with E-state index in [0.29, 0.717) is 5.41 Å². The summed E-state index contributed by atoms with van der Waals surface area (Å²) in [6.45, 7) is 11.3.